The van der Waals surface area contributed by atoms with Gasteiger partial charge in [0.2, 0.25) is 0 Å². The smallest absolute Gasteiger partial charge is 0.169 e. The SMILES string of the molecule is CCNC(=S)N1CCn2cccc2[C@H]1c1ccccc1F. The van der Waals surface area contributed by atoms with E-state index in [1.165, 1.54) is 6.07 Å². The van der Waals surface area contributed by atoms with Gasteiger partial charge in [-0.3, -0.25) is 0 Å². The molecule has 21 heavy (non-hydrogen) atoms. The fraction of sp³-hybridized carbons (Fsp3) is 0.312. The largest absolute Gasteiger partial charge is 0.363 e. The molecule has 1 aromatic heterocycles. The van der Waals surface area contributed by atoms with Crippen LogP contribution in [0.2, 0.25) is 0 Å². The number of hydrogen-bond acceptors (Lipinski definition) is 1. The van der Waals surface area contributed by atoms with Gasteiger partial charge < -0.3 is 14.8 Å². The van der Waals surface area contributed by atoms with Crippen LogP contribution < -0.4 is 5.32 Å². The highest BCUT2D eigenvalue weighted by molar-refractivity contribution is 7.80. The monoisotopic (exact) mass is 303 g/mol. The summed E-state index contributed by atoms with van der Waals surface area (Å²) in [7, 11) is 0. The summed E-state index contributed by atoms with van der Waals surface area (Å²) in [5.41, 5.74) is 1.74. The third-order valence-corrected chi connectivity index (χ3v) is 4.21. The van der Waals surface area contributed by atoms with Crippen molar-refractivity contribution in [3.8, 4) is 0 Å². The molecule has 0 aliphatic carbocycles. The molecular formula is C16H18FN3S. The van der Waals surface area contributed by atoms with Crippen molar-refractivity contribution < 1.29 is 4.39 Å². The Morgan fingerprint density at radius 3 is 2.86 bits per heavy atom. The molecule has 110 valence electrons. The zero-order valence-electron chi connectivity index (χ0n) is 11.9. The summed E-state index contributed by atoms with van der Waals surface area (Å²) in [4.78, 5) is 2.08. The van der Waals surface area contributed by atoms with Crippen molar-refractivity contribution in [1.82, 2.24) is 14.8 Å². The van der Waals surface area contributed by atoms with Gasteiger partial charge in [-0.1, -0.05) is 18.2 Å². The molecule has 2 heterocycles. The molecule has 0 amide bonds. The zero-order chi connectivity index (χ0) is 14.8. The topological polar surface area (TPSA) is 20.2 Å². The average Bonchev–Trinajstić information content (AvgIpc) is 2.95. The summed E-state index contributed by atoms with van der Waals surface area (Å²) in [6.07, 6.45) is 2.04. The van der Waals surface area contributed by atoms with E-state index in [9.17, 15) is 4.39 Å². The second kappa shape index (κ2) is 5.85. The number of benzene rings is 1. The van der Waals surface area contributed by atoms with Crippen LogP contribution in [0.3, 0.4) is 0 Å². The van der Waals surface area contributed by atoms with Crippen molar-refractivity contribution in [2.75, 3.05) is 13.1 Å². The summed E-state index contributed by atoms with van der Waals surface area (Å²) in [6, 6.07) is 10.8. The summed E-state index contributed by atoms with van der Waals surface area (Å²) in [6.45, 7) is 4.41. The molecule has 0 bridgehead atoms. The Hall–Kier alpha value is -1.88. The fourth-order valence-corrected chi connectivity index (χ4v) is 3.22. The Balaban J connectivity index is 2.06. The first kappa shape index (κ1) is 14.1. The van der Waals surface area contributed by atoms with Crippen LogP contribution in [0.25, 0.3) is 0 Å². The minimum atomic E-state index is -0.193. The lowest BCUT2D eigenvalue weighted by molar-refractivity contribution is 0.281. The number of thiocarbonyl (C=S) groups is 1. The molecule has 1 atom stereocenters. The average molecular weight is 303 g/mol. The van der Waals surface area contributed by atoms with E-state index < -0.39 is 0 Å². The van der Waals surface area contributed by atoms with Gasteiger partial charge in [0.1, 0.15) is 5.82 Å². The predicted molar refractivity (Wildman–Crippen MR) is 85.7 cm³/mol. The Morgan fingerprint density at radius 1 is 1.29 bits per heavy atom. The molecule has 5 heteroatoms. The summed E-state index contributed by atoms with van der Waals surface area (Å²) >= 11 is 5.48. The van der Waals surface area contributed by atoms with E-state index in [0.29, 0.717) is 10.7 Å². The predicted octanol–water partition coefficient (Wildman–Crippen LogP) is 2.93. The van der Waals surface area contributed by atoms with Gasteiger partial charge >= 0.3 is 0 Å². The van der Waals surface area contributed by atoms with Gasteiger partial charge in [0.05, 0.1) is 6.04 Å². The van der Waals surface area contributed by atoms with Gasteiger partial charge in [0, 0.05) is 37.1 Å². The first-order chi connectivity index (χ1) is 10.2. The summed E-state index contributed by atoms with van der Waals surface area (Å²) in [5, 5.41) is 3.86. The second-order valence-corrected chi connectivity index (χ2v) is 5.47. The van der Waals surface area contributed by atoms with Gasteiger partial charge in [-0.2, -0.15) is 0 Å². The molecule has 0 radical (unpaired) electrons. The third-order valence-electron chi connectivity index (χ3n) is 3.83. The molecule has 0 fully saturated rings. The third kappa shape index (κ3) is 2.53. The molecule has 0 saturated heterocycles. The number of fused-ring (bicyclic) bond motifs is 1. The molecule has 1 aromatic carbocycles. The maximum Gasteiger partial charge on any atom is 0.169 e. The lowest BCUT2D eigenvalue weighted by Gasteiger charge is -2.39. The van der Waals surface area contributed by atoms with Gasteiger partial charge in [0.15, 0.2) is 5.11 Å². The van der Waals surface area contributed by atoms with Crippen LogP contribution in [0, 0.1) is 5.82 Å². The van der Waals surface area contributed by atoms with Crippen LogP contribution in [0.1, 0.15) is 24.2 Å². The van der Waals surface area contributed by atoms with Crippen LogP contribution in [-0.4, -0.2) is 27.7 Å². The molecule has 2 aromatic rings. The van der Waals surface area contributed by atoms with E-state index >= 15 is 0 Å². The number of aromatic nitrogens is 1. The number of nitrogens with zero attached hydrogens (tertiary/aromatic N) is 2. The number of nitrogens with one attached hydrogen (secondary N) is 1. The number of halogens is 1. The zero-order valence-corrected chi connectivity index (χ0v) is 12.7. The maximum absolute atomic E-state index is 14.3. The highest BCUT2D eigenvalue weighted by Gasteiger charge is 2.31. The number of rotatable bonds is 2. The fourth-order valence-electron chi connectivity index (χ4n) is 2.88. The van der Waals surface area contributed by atoms with Crippen LogP contribution in [-0.2, 0) is 6.54 Å². The maximum atomic E-state index is 14.3. The first-order valence-electron chi connectivity index (χ1n) is 7.16. The van der Waals surface area contributed by atoms with Crippen molar-refractivity contribution in [1.29, 1.82) is 0 Å². The second-order valence-electron chi connectivity index (χ2n) is 5.08. The van der Waals surface area contributed by atoms with Crippen molar-refractivity contribution >= 4 is 17.3 Å². The van der Waals surface area contributed by atoms with Crippen molar-refractivity contribution in [3.63, 3.8) is 0 Å². The van der Waals surface area contributed by atoms with Crippen molar-refractivity contribution in [2.24, 2.45) is 0 Å². The van der Waals surface area contributed by atoms with Crippen molar-refractivity contribution in [2.45, 2.75) is 19.5 Å². The molecule has 0 spiro atoms. The van der Waals surface area contributed by atoms with Crippen LogP contribution in [0.15, 0.2) is 42.6 Å². The molecule has 1 N–H and O–H groups in total. The Kier molecular flexibility index (Phi) is 3.92. The minimum Gasteiger partial charge on any atom is -0.363 e. The Labute approximate surface area is 129 Å². The Morgan fingerprint density at radius 2 is 2.10 bits per heavy atom. The molecule has 0 saturated carbocycles. The lowest BCUT2D eigenvalue weighted by atomic mass is 10.00. The minimum absolute atomic E-state index is 0.179. The summed E-state index contributed by atoms with van der Waals surface area (Å²) in [5.74, 6) is -0.193. The van der Waals surface area contributed by atoms with Gasteiger partial charge in [0.25, 0.3) is 0 Å². The normalized spacial score (nSPS) is 17.4. The quantitative estimate of drug-likeness (QED) is 0.862. The van der Waals surface area contributed by atoms with Crippen LogP contribution in [0.5, 0.6) is 0 Å². The number of hydrogen-bond donors (Lipinski definition) is 1. The van der Waals surface area contributed by atoms with Crippen LogP contribution >= 0.6 is 12.2 Å². The standard InChI is InChI=1S/C16H18FN3S/c1-2-18-16(21)20-11-10-19-9-5-8-14(19)15(20)12-6-3-4-7-13(12)17/h3-9,15H,2,10-11H2,1H3,(H,18,21)/t15-/m1/s1. The highest BCUT2D eigenvalue weighted by atomic mass is 32.1. The molecular weight excluding hydrogens is 285 g/mol. The lowest BCUT2D eigenvalue weighted by Crippen LogP contribution is -2.47. The molecule has 3 rings (SSSR count). The summed E-state index contributed by atoms with van der Waals surface area (Å²) < 4.78 is 16.5. The van der Waals surface area contributed by atoms with E-state index in [2.05, 4.69) is 14.8 Å². The van der Waals surface area contributed by atoms with E-state index in [0.717, 1.165) is 25.3 Å². The molecule has 1 aliphatic rings. The van der Waals surface area contributed by atoms with Gasteiger partial charge in [-0.25, -0.2) is 4.39 Å². The van der Waals surface area contributed by atoms with E-state index in [4.69, 9.17) is 12.2 Å². The van der Waals surface area contributed by atoms with E-state index in [1.807, 2.05) is 37.4 Å². The van der Waals surface area contributed by atoms with Crippen molar-refractivity contribution in [3.05, 3.63) is 59.7 Å². The van der Waals surface area contributed by atoms with Crippen LogP contribution in [0.4, 0.5) is 4.39 Å². The van der Waals surface area contributed by atoms with Gasteiger partial charge in [-0.15, -0.1) is 0 Å². The molecule has 0 unspecified atom stereocenters. The molecule has 1 aliphatic heterocycles. The first-order valence-corrected chi connectivity index (χ1v) is 7.57. The molecule has 3 nitrogen and oxygen atoms in total. The van der Waals surface area contributed by atoms with Gasteiger partial charge in [-0.05, 0) is 37.3 Å². The Bertz CT molecular complexity index is 652. The highest BCUT2D eigenvalue weighted by Crippen LogP contribution is 2.33. The van der Waals surface area contributed by atoms with E-state index in [-0.39, 0.29) is 11.9 Å². The van der Waals surface area contributed by atoms with E-state index in [1.54, 1.807) is 6.07 Å².